The molecule has 0 radical (unpaired) electrons. The lowest BCUT2D eigenvalue weighted by molar-refractivity contribution is 0.102. The number of hydrogen-bond donors (Lipinski definition) is 1. The summed E-state index contributed by atoms with van der Waals surface area (Å²) in [6, 6.07) is 10.8. The van der Waals surface area contributed by atoms with E-state index in [-0.39, 0.29) is 22.4 Å². The van der Waals surface area contributed by atoms with Crippen molar-refractivity contribution in [3.05, 3.63) is 69.4 Å². The van der Waals surface area contributed by atoms with E-state index in [2.05, 4.69) is 15.5 Å². The number of nitrogens with one attached hydrogen (secondary N) is 1. The first-order chi connectivity index (χ1) is 15.2. The molecule has 1 fully saturated rings. The molecule has 0 spiro atoms. The van der Waals surface area contributed by atoms with Crippen LogP contribution >= 0.6 is 11.3 Å². The number of piperidine rings is 1. The Hall–Kier alpha value is -2.69. The zero-order valence-electron chi connectivity index (χ0n) is 17.7. The minimum Gasteiger partial charge on any atom is -0.320 e. The van der Waals surface area contributed by atoms with Crippen LogP contribution in [0, 0.1) is 19.7 Å². The Morgan fingerprint density at radius 3 is 2.72 bits per heavy atom. The molecule has 2 aromatic carbocycles. The SMILES string of the molecule is Cc1ccc(S(=O)(=O)N2CCCC(c3nnc(C(=O)Nc4cccc(F)c4)s3)C2)cc1C. The van der Waals surface area contributed by atoms with Gasteiger partial charge in [-0.1, -0.05) is 23.5 Å². The van der Waals surface area contributed by atoms with Crippen molar-refractivity contribution in [2.75, 3.05) is 18.4 Å². The van der Waals surface area contributed by atoms with Gasteiger partial charge in [-0.2, -0.15) is 4.31 Å². The summed E-state index contributed by atoms with van der Waals surface area (Å²) in [6.45, 7) is 4.57. The molecule has 0 bridgehead atoms. The number of sulfonamides is 1. The minimum absolute atomic E-state index is 0.140. The fourth-order valence-electron chi connectivity index (χ4n) is 3.63. The molecule has 2 heterocycles. The molecule has 1 N–H and O–H groups in total. The average molecular weight is 475 g/mol. The predicted octanol–water partition coefficient (Wildman–Crippen LogP) is 4.11. The summed E-state index contributed by atoms with van der Waals surface area (Å²) in [6.07, 6.45) is 1.46. The Bertz CT molecular complexity index is 1260. The number of aromatic nitrogens is 2. The zero-order chi connectivity index (χ0) is 22.9. The normalized spacial score (nSPS) is 17.3. The highest BCUT2D eigenvalue weighted by molar-refractivity contribution is 7.89. The molecule has 168 valence electrons. The molecule has 1 amide bonds. The van der Waals surface area contributed by atoms with E-state index < -0.39 is 21.7 Å². The number of halogens is 1. The Balaban J connectivity index is 1.48. The summed E-state index contributed by atoms with van der Waals surface area (Å²) in [5.74, 6) is -1.07. The van der Waals surface area contributed by atoms with E-state index in [0.29, 0.717) is 23.7 Å². The molecule has 3 aromatic rings. The van der Waals surface area contributed by atoms with Gasteiger partial charge >= 0.3 is 0 Å². The molecular weight excluding hydrogens is 451 g/mol. The van der Waals surface area contributed by atoms with Crippen LogP contribution in [0.1, 0.15) is 44.7 Å². The van der Waals surface area contributed by atoms with Crippen molar-refractivity contribution in [2.45, 2.75) is 37.5 Å². The molecule has 0 saturated carbocycles. The fraction of sp³-hybridized carbons (Fsp3) is 0.318. The van der Waals surface area contributed by atoms with Crippen molar-refractivity contribution in [3.8, 4) is 0 Å². The molecular formula is C22H23FN4O3S2. The van der Waals surface area contributed by atoms with E-state index in [0.717, 1.165) is 28.9 Å². The van der Waals surface area contributed by atoms with Crippen molar-refractivity contribution in [1.29, 1.82) is 0 Å². The molecule has 7 nitrogen and oxygen atoms in total. The second-order valence-corrected chi connectivity index (χ2v) is 10.8. The maximum Gasteiger partial charge on any atom is 0.286 e. The molecule has 1 aromatic heterocycles. The lowest BCUT2D eigenvalue weighted by atomic mass is 10.0. The van der Waals surface area contributed by atoms with Crippen molar-refractivity contribution < 1.29 is 17.6 Å². The predicted molar refractivity (Wildman–Crippen MR) is 121 cm³/mol. The lowest BCUT2D eigenvalue weighted by Gasteiger charge is -2.30. The molecule has 1 aliphatic rings. The number of carbonyl (C=O) groups is 1. The van der Waals surface area contributed by atoms with E-state index in [4.69, 9.17) is 0 Å². The van der Waals surface area contributed by atoms with Gasteiger partial charge in [0.05, 0.1) is 4.90 Å². The van der Waals surface area contributed by atoms with Crippen LogP contribution < -0.4 is 5.32 Å². The van der Waals surface area contributed by atoms with Crippen LogP contribution in [0.2, 0.25) is 0 Å². The highest BCUT2D eigenvalue weighted by Gasteiger charge is 2.33. The summed E-state index contributed by atoms with van der Waals surface area (Å²) >= 11 is 1.13. The van der Waals surface area contributed by atoms with Gasteiger partial charge in [0, 0.05) is 24.7 Å². The van der Waals surface area contributed by atoms with Crippen LogP contribution in [0.3, 0.4) is 0 Å². The molecule has 10 heteroatoms. The Morgan fingerprint density at radius 1 is 1.16 bits per heavy atom. The van der Waals surface area contributed by atoms with Gasteiger partial charge in [0.2, 0.25) is 15.0 Å². The van der Waals surface area contributed by atoms with E-state index in [1.54, 1.807) is 18.2 Å². The number of benzene rings is 2. The van der Waals surface area contributed by atoms with Gasteiger partial charge in [-0.05, 0) is 68.1 Å². The number of nitrogens with zero attached hydrogens (tertiary/aromatic N) is 3. The monoisotopic (exact) mass is 474 g/mol. The second-order valence-electron chi connectivity index (χ2n) is 7.86. The number of rotatable bonds is 5. The van der Waals surface area contributed by atoms with Gasteiger partial charge in [-0.25, -0.2) is 12.8 Å². The highest BCUT2D eigenvalue weighted by Crippen LogP contribution is 2.32. The number of amides is 1. The van der Waals surface area contributed by atoms with Crippen molar-refractivity contribution >= 4 is 33.0 Å². The average Bonchev–Trinajstić information content (AvgIpc) is 3.26. The smallest absolute Gasteiger partial charge is 0.286 e. The van der Waals surface area contributed by atoms with Crippen molar-refractivity contribution in [1.82, 2.24) is 14.5 Å². The molecule has 1 unspecified atom stereocenters. The lowest BCUT2D eigenvalue weighted by Crippen LogP contribution is -2.39. The van der Waals surface area contributed by atoms with Crippen LogP contribution in [0.25, 0.3) is 0 Å². The number of carbonyl (C=O) groups excluding carboxylic acids is 1. The number of anilines is 1. The summed E-state index contributed by atoms with van der Waals surface area (Å²) < 4.78 is 41.2. The van der Waals surface area contributed by atoms with Crippen LogP contribution in [-0.2, 0) is 10.0 Å². The van der Waals surface area contributed by atoms with Gasteiger partial charge in [-0.3, -0.25) is 4.79 Å². The van der Waals surface area contributed by atoms with Gasteiger partial charge in [-0.15, -0.1) is 10.2 Å². The highest BCUT2D eigenvalue weighted by atomic mass is 32.2. The zero-order valence-corrected chi connectivity index (χ0v) is 19.3. The van der Waals surface area contributed by atoms with Crippen LogP contribution in [0.4, 0.5) is 10.1 Å². The summed E-state index contributed by atoms with van der Waals surface area (Å²) in [5, 5.41) is 11.5. The van der Waals surface area contributed by atoms with E-state index in [1.807, 2.05) is 19.9 Å². The quantitative estimate of drug-likeness (QED) is 0.601. The van der Waals surface area contributed by atoms with Crippen molar-refractivity contribution in [3.63, 3.8) is 0 Å². The first-order valence-electron chi connectivity index (χ1n) is 10.2. The van der Waals surface area contributed by atoms with Gasteiger partial charge < -0.3 is 5.32 Å². The largest absolute Gasteiger partial charge is 0.320 e. The van der Waals surface area contributed by atoms with Gasteiger partial charge in [0.25, 0.3) is 5.91 Å². The Morgan fingerprint density at radius 2 is 1.97 bits per heavy atom. The topological polar surface area (TPSA) is 92.3 Å². The standard InChI is InChI=1S/C22H23FN4O3S2/c1-14-8-9-19(11-15(14)2)32(29,30)27-10-4-5-16(13-27)21-25-26-22(31-21)20(28)24-18-7-3-6-17(23)12-18/h3,6-9,11-12,16H,4-5,10,13H2,1-2H3,(H,24,28). The van der Waals surface area contributed by atoms with Crippen LogP contribution in [0.5, 0.6) is 0 Å². The maximum absolute atomic E-state index is 13.3. The van der Waals surface area contributed by atoms with Gasteiger partial charge in [0.1, 0.15) is 10.8 Å². The number of aryl methyl sites for hydroxylation is 2. The van der Waals surface area contributed by atoms with E-state index in [9.17, 15) is 17.6 Å². The first kappa shape index (κ1) is 22.5. The molecule has 1 saturated heterocycles. The summed E-state index contributed by atoms with van der Waals surface area (Å²) in [7, 11) is -3.62. The third-order valence-corrected chi connectivity index (χ3v) is 8.51. The molecule has 1 aliphatic heterocycles. The molecule has 32 heavy (non-hydrogen) atoms. The summed E-state index contributed by atoms with van der Waals surface area (Å²) in [5.41, 5.74) is 2.30. The summed E-state index contributed by atoms with van der Waals surface area (Å²) in [4.78, 5) is 12.7. The first-order valence-corrected chi connectivity index (χ1v) is 12.5. The minimum atomic E-state index is -3.62. The van der Waals surface area contributed by atoms with E-state index in [1.165, 1.54) is 22.5 Å². The second kappa shape index (κ2) is 9.05. The van der Waals surface area contributed by atoms with Crippen molar-refractivity contribution in [2.24, 2.45) is 0 Å². The molecule has 1 atom stereocenters. The Kier molecular flexibility index (Phi) is 6.36. The molecule has 0 aliphatic carbocycles. The fourth-order valence-corrected chi connectivity index (χ4v) is 6.10. The van der Waals surface area contributed by atoms with E-state index >= 15 is 0 Å². The van der Waals surface area contributed by atoms with Crippen LogP contribution in [0.15, 0.2) is 47.4 Å². The third-order valence-electron chi connectivity index (χ3n) is 5.57. The maximum atomic E-state index is 13.3. The van der Waals surface area contributed by atoms with Crippen LogP contribution in [-0.4, -0.2) is 41.9 Å². The number of hydrogen-bond acceptors (Lipinski definition) is 6. The van der Waals surface area contributed by atoms with Gasteiger partial charge in [0.15, 0.2) is 0 Å². The Labute approximate surface area is 190 Å². The third kappa shape index (κ3) is 4.72. The molecule has 4 rings (SSSR count).